The number of aryl methyl sites for hydroxylation is 1. The van der Waals surface area contributed by atoms with Crippen molar-refractivity contribution in [2.45, 2.75) is 18.5 Å². The number of amides is 1. The Morgan fingerprint density at radius 2 is 1.61 bits per heavy atom. The third-order valence-corrected chi connectivity index (χ3v) is 6.06. The molecule has 4 aromatic rings. The Morgan fingerprint density at radius 3 is 2.30 bits per heavy atom. The van der Waals surface area contributed by atoms with Crippen LogP contribution in [0.3, 0.4) is 0 Å². The van der Waals surface area contributed by atoms with Crippen LogP contribution in [0.5, 0.6) is 0 Å². The number of rotatable bonds is 8. The summed E-state index contributed by atoms with van der Waals surface area (Å²) >= 11 is 1.23. The molecule has 0 atom stereocenters. The first kappa shape index (κ1) is 22.7. The Balaban J connectivity index is 1.48. The Labute approximate surface area is 194 Å². The van der Waals surface area contributed by atoms with E-state index in [4.69, 9.17) is 0 Å². The molecule has 0 aliphatic carbocycles. The van der Waals surface area contributed by atoms with Crippen LogP contribution >= 0.6 is 11.8 Å². The summed E-state index contributed by atoms with van der Waals surface area (Å²) in [5.74, 6) is -0.216. The molecule has 5 nitrogen and oxygen atoms in total. The van der Waals surface area contributed by atoms with Gasteiger partial charge in [0.05, 0.1) is 5.75 Å². The molecule has 4 rings (SSSR count). The Hall–Kier alpha value is -3.52. The molecule has 1 heterocycles. The topological polar surface area (TPSA) is 59.8 Å². The lowest BCUT2D eigenvalue weighted by atomic mass is 10.1. The maximum atomic E-state index is 13.5. The van der Waals surface area contributed by atoms with Crippen molar-refractivity contribution in [1.82, 2.24) is 20.1 Å². The van der Waals surface area contributed by atoms with Gasteiger partial charge in [0.25, 0.3) is 0 Å². The Kier molecular flexibility index (Phi) is 7.14. The number of carbonyl (C=O) groups is 1. The number of hydrogen-bond donors (Lipinski definition) is 1. The summed E-state index contributed by atoms with van der Waals surface area (Å²) in [5, 5.41) is 11.9. The molecule has 0 bridgehead atoms. The predicted octanol–water partition coefficient (Wildman–Crippen LogP) is 4.97. The minimum absolute atomic E-state index is 0.120. The summed E-state index contributed by atoms with van der Waals surface area (Å²) < 4.78 is 28.6. The van der Waals surface area contributed by atoms with E-state index < -0.39 is 0 Å². The Morgan fingerprint density at radius 1 is 0.939 bits per heavy atom. The lowest BCUT2D eigenvalue weighted by Crippen LogP contribution is -2.27. The summed E-state index contributed by atoms with van der Waals surface area (Å²) in [6.07, 6.45) is 0.754. The molecule has 0 aliphatic rings. The standard InChI is InChI=1S/C25H22F2N4OS/c1-17-4-2-3-5-18(17)14-15-28-23(32)16-33-25-30-29-24(19-6-8-20(26)9-7-19)31(25)22-12-10-21(27)11-13-22/h2-13H,14-16H2,1H3,(H,28,32). The SMILES string of the molecule is Cc1ccccc1CCNC(=O)CSc1nnc(-c2ccc(F)cc2)n1-c1ccc(F)cc1. The third kappa shape index (κ3) is 5.64. The zero-order valence-corrected chi connectivity index (χ0v) is 18.8. The van der Waals surface area contributed by atoms with E-state index in [1.807, 2.05) is 25.1 Å². The van der Waals surface area contributed by atoms with Crippen molar-refractivity contribution in [1.29, 1.82) is 0 Å². The van der Waals surface area contributed by atoms with Crippen molar-refractivity contribution in [3.05, 3.63) is 95.6 Å². The molecule has 168 valence electrons. The molecular formula is C25H22F2N4OS. The minimum Gasteiger partial charge on any atom is -0.355 e. The van der Waals surface area contributed by atoms with E-state index >= 15 is 0 Å². The second kappa shape index (κ2) is 10.4. The highest BCUT2D eigenvalue weighted by Crippen LogP contribution is 2.28. The second-order valence-corrected chi connectivity index (χ2v) is 8.38. The quantitative estimate of drug-likeness (QED) is 0.374. The van der Waals surface area contributed by atoms with Crippen LogP contribution in [0.15, 0.2) is 78.0 Å². The fraction of sp³-hybridized carbons (Fsp3) is 0.160. The maximum absolute atomic E-state index is 13.5. The summed E-state index contributed by atoms with van der Waals surface area (Å²) in [7, 11) is 0. The van der Waals surface area contributed by atoms with Crippen molar-refractivity contribution >= 4 is 17.7 Å². The van der Waals surface area contributed by atoms with Gasteiger partial charge >= 0.3 is 0 Å². The van der Waals surface area contributed by atoms with Crippen molar-refractivity contribution in [2.24, 2.45) is 0 Å². The van der Waals surface area contributed by atoms with Crippen LogP contribution in [-0.4, -0.2) is 33.0 Å². The van der Waals surface area contributed by atoms with E-state index in [9.17, 15) is 13.6 Å². The fourth-order valence-corrected chi connectivity index (χ4v) is 4.16. The second-order valence-electron chi connectivity index (χ2n) is 7.44. The third-order valence-electron chi connectivity index (χ3n) is 5.13. The van der Waals surface area contributed by atoms with Gasteiger partial charge in [0.15, 0.2) is 11.0 Å². The zero-order chi connectivity index (χ0) is 23.2. The highest BCUT2D eigenvalue weighted by atomic mass is 32.2. The van der Waals surface area contributed by atoms with Crippen molar-refractivity contribution in [2.75, 3.05) is 12.3 Å². The first-order valence-electron chi connectivity index (χ1n) is 10.4. The summed E-state index contributed by atoms with van der Waals surface area (Å²) in [6.45, 7) is 2.59. The fourth-order valence-electron chi connectivity index (χ4n) is 3.38. The van der Waals surface area contributed by atoms with Crippen LogP contribution in [0.2, 0.25) is 0 Å². The van der Waals surface area contributed by atoms with Crippen LogP contribution in [0.25, 0.3) is 17.1 Å². The van der Waals surface area contributed by atoms with Gasteiger partial charge in [-0.05, 0) is 73.0 Å². The Bertz CT molecular complexity index is 1240. The van der Waals surface area contributed by atoms with Gasteiger partial charge in [0.2, 0.25) is 5.91 Å². The van der Waals surface area contributed by atoms with Crippen LogP contribution < -0.4 is 5.32 Å². The number of nitrogens with zero attached hydrogens (tertiary/aromatic N) is 3. The molecule has 0 saturated carbocycles. The van der Waals surface area contributed by atoms with E-state index in [0.29, 0.717) is 28.8 Å². The lowest BCUT2D eigenvalue weighted by molar-refractivity contribution is -0.118. The molecule has 0 fully saturated rings. The number of halogens is 2. The van der Waals surface area contributed by atoms with E-state index in [2.05, 4.69) is 21.6 Å². The lowest BCUT2D eigenvalue weighted by Gasteiger charge is -2.11. The molecular weight excluding hydrogens is 442 g/mol. The summed E-state index contributed by atoms with van der Waals surface area (Å²) in [6, 6.07) is 19.9. The first-order valence-corrected chi connectivity index (χ1v) is 11.4. The van der Waals surface area contributed by atoms with Crippen LogP contribution in [0, 0.1) is 18.6 Å². The molecule has 0 unspecified atom stereocenters. The highest BCUT2D eigenvalue weighted by Gasteiger charge is 2.17. The first-order chi connectivity index (χ1) is 16.0. The average Bonchev–Trinajstić information content (AvgIpc) is 3.24. The molecule has 1 aromatic heterocycles. The zero-order valence-electron chi connectivity index (χ0n) is 18.0. The number of carbonyl (C=O) groups excluding carboxylic acids is 1. The number of aromatic nitrogens is 3. The number of hydrogen-bond acceptors (Lipinski definition) is 4. The molecule has 0 aliphatic heterocycles. The average molecular weight is 465 g/mol. The molecule has 0 spiro atoms. The van der Waals surface area contributed by atoms with Gasteiger partial charge in [0, 0.05) is 17.8 Å². The van der Waals surface area contributed by atoms with Crippen molar-refractivity contribution < 1.29 is 13.6 Å². The van der Waals surface area contributed by atoms with Crippen LogP contribution in [0.4, 0.5) is 8.78 Å². The predicted molar refractivity (Wildman–Crippen MR) is 125 cm³/mol. The molecule has 33 heavy (non-hydrogen) atoms. The van der Waals surface area contributed by atoms with Crippen molar-refractivity contribution in [3.63, 3.8) is 0 Å². The van der Waals surface area contributed by atoms with Gasteiger partial charge in [-0.1, -0.05) is 36.0 Å². The van der Waals surface area contributed by atoms with Crippen molar-refractivity contribution in [3.8, 4) is 17.1 Å². The van der Waals surface area contributed by atoms with E-state index in [-0.39, 0.29) is 23.3 Å². The maximum Gasteiger partial charge on any atom is 0.230 e. The molecule has 1 amide bonds. The van der Waals surface area contributed by atoms with Crippen LogP contribution in [-0.2, 0) is 11.2 Å². The number of nitrogens with one attached hydrogen (secondary N) is 1. The largest absolute Gasteiger partial charge is 0.355 e. The van der Waals surface area contributed by atoms with E-state index in [1.54, 1.807) is 28.8 Å². The van der Waals surface area contributed by atoms with E-state index in [1.165, 1.54) is 47.2 Å². The van der Waals surface area contributed by atoms with Gasteiger partial charge < -0.3 is 5.32 Å². The summed E-state index contributed by atoms with van der Waals surface area (Å²) in [4.78, 5) is 12.4. The minimum atomic E-state index is -0.364. The monoisotopic (exact) mass is 464 g/mol. The molecule has 3 aromatic carbocycles. The van der Waals surface area contributed by atoms with Gasteiger partial charge in [-0.3, -0.25) is 9.36 Å². The molecule has 1 N–H and O–H groups in total. The molecule has 0 radical (unpaired) electrons. The van der Waals surface area contributed by atoms with Gasteiger partial charge in [-0.25, -0.2) is 8.78 Å². The molecule has 8 heteroatoms. The van der Waals surface area contributed by atoms with Gasteiger partial charge in [-0.15, -0.1) is 10.2 Å². The smallest absolute Gasteiger partial charge is 0.230 e. The summed E-state index contributed by atoms with van der Waals surface area (Å²) in [5.41, 5.74) is 3.69. The normalized spacial score (nSPS) is 10.9. The van der Waals surface area contributed by atoms with Gasteiger partial charge in [0.1, 0.15) is 11.6 Å². The molecule has 0 saturated heterocycles. The van der Waals surface area contributed by atoms with Crippen LogP contribution in [0.1, 0.15) is 11.1 Å². The highest BCUT2D eigenvalue weighted by molar-refractivity contribution is 7.99. The van der Waals surface area contributed by atoms with E-state index in [0.717, 1.165) is 6.42 Å². The number of benzene rings is 3. The number of thioether (sulfide) groups is 1. The van der Waals surface area contributed by atoms with Gasteiger partial charge in [-0.2, -0.15) is 0 Å².